The maximum Gasteiger partial charge on any atom is 0.0954 e. The van der Waals surface area contributed by atoms with Crippen LogP contribution in [-0.2, 0) is 6.50 Å². The molecule has 0 radical (unpaired) electrons. The van der Waals surface area contributed by atoms with Crippen LogP contribution in [0.1, 0.15) is 48.1 Å². The standard InChI is InChI=1S/C8H14N2S/c1-6(2)8-10-7(4-9-3)5-11-8/h5-6,9H,4H2,1-3H3/i1D3,2D3,3D3,4D2,5D,6D. The van der Waals surface area contributed by atoms with Crippen LogP contribution in [0.4, 0.5) is 0 Å². The minimum absolute atomic E-state index is 0.212. The Hall–Kier alpha value is -0.410. The summed E-state index contributed by atoms with van der Waals surface area (Å²) in [5, 5.41) is 0.134. The molecule has 0 fully saturated rings. The van der Waals surface area contributed by atoms with Gasteiger partial charge in [-0.1, -0.05) is 13.7 Å². The van der Waals surface area contributed by atoms with Gasteiger partial charge in [0.25, 0.3) is 0 Å². The topological polar surface area (TPSA) is 24.9 Å². The van der Waals surface area contributed by atoms with Gasteiger partial charge in [-0.2, -0.15) is 0 Å². The van der Waals surface area contributed by atoms with Gasteiger partial charge in [0.1, 0.15) is 0 Å². The highest BCUT2D eigenvalue weighted by Gasteiger charge is 2.03. The minimum Gasteiger partial charge on any atom is -0.314 e. The molecule has 0 saturated heterocycles. The first-order valence-electron chi connectivity index (χ1n) is 9.11. The lowest BCUT2D eigenvalue weighted by Gasteiger charge is -1.96. The smallest absolute Gasteiger partial charge is 0.0954 e. The lowest BCUT2D eigenvalue weighted by atomic mass is 10.2. The van der Waals surface area contributed by atoms with E-state index in [2.05, 4.69) is 4.98 Å². The second-order valence-corrected chi connectivity index (χ2v) is 2.39. The normalized spacial score (nSPS) is 34.0. The maximum atomic E-state index is 7.94. The average molecular weight is 183 g/mol. The molecule has 0 spiro atoms. The molecule has 1 aromatic heterocycles. The minimum atomic E-state index is -3.33. The van der Waals surface area contributed by atoms with E-state index < -0.39 is 49.1 Å². The number of nitrogens with one attached hydrogen (secondary N) is 1. The Morgan fingerprint density at radius 2 is 3.00 bits per heavy atom. The van der Waals surface area contributed by atoms with E-state index in [1.54, 1.807) is 5.32 Å². The van der Waals surface area contributed by atoms with E-state index in [0.717, 1.165) is 0 Å². The SMILES string of the molecule is [2H]c1sc(C([2H])(C([2H])([2H])[2H])C([2H])([2H])[2H])nc1C([2H])([2H])NC([2H])([2H])[2H]. The summed E-state index contributed by atoms with van der Waals surface area (Å²) in [5.41, 5.74) is -0.788. The molecule has 0 aliphatic heterocycles. The first-order chi connectivity index (χ1) is 10.3. The average Bonchev–Trinajstić information content (AvgIpc) is 2.64. The molecule has 3 heteroatoms. The zero-order chi connectivity index (χ0) is 19.4. The van der Waals surface area contributed by atoms with Crippen molar-refractivity contribution in [3.63, 3.8) is 0 Å². The highest BCUT2D eigenvalue weighted by atomic mass is 32.1. The highest BCUT2D eigenvalue weighted by molar-refractivity contribution is 7.09. The number of rotatable bonds is 3. The molecule has 1 aromatic rings. The Labute approximate surface area is 89.9 Å². The zero-order valence-electron chi connectivity index (χ0n) is 18.4. The van der Waals surface area contributed by atoms with Gasteiger partial charge in [-0.15, -0.1) is 11.3 Å². The molecule has 2 nitrogen and oxygen atoms in total. The monoisotopic (exact) mass is 183 g/mol. The van der Waals surface area contributed by atoms with Gasteiger partial charge < -0.3 is 5.32 Å². The van der Waals surface area contributed by atoms with Crippen LogP contribution in [0.2, 0.25) is 0 Å². The molecule has 0 aliphatic rings. The van der Waals surface area contributed by atoms with E-state index in [0.29, 0.717) is 0 Å². The van der Waals surface area contributed by atoms with Crippen molar-refractivity contribution in [3.05, 3.63) is 16.1 Å². The molecule has 0 aliphatic carbocycles. The molecule has 0 saturated carbocycles. The van der Waals surface area contributed by atoms with Crippen LogP contribution in [0.3, 0.4) is 0 Å². The van der Waals surface area contributed by atoms with Gasteiger partial charge in [-0.3, -0.25) is 0 Å². The Kier molecular flexibility index (Phi) is 0.610. The number of nitrogens with zero attached hydrogens (tertiary/aromatic N) is 1. The van der Waals surface area contributed by atoms with Crippen LogP contribution in [0, 0.1) is 0 Å². The Balaban J connectivity index is 3.50. The predicted molar refractivity (Wildman–Crippen MR) is 49.0 cm³/mol. The molecule has 0 atom stereocenters. The third kappa shape index (κ3) is 2.27. The fourth-order valence-corrected chi connectivity index (χ4v) is 0.992. The zero-order valence-corrected chi connectivity index (χ0v) is 6.17. The Bertz CT molecular complexity index is 581. The van der Waals surface area contributed by atoms with Crippen LogP contribution in [-0.4, -0.2) is 12.0 Å². The van der Waals surface area contributed by atoms with Crippen LogP contribution >= 0.6 is 11.3 Å². The molecule has 62 valence electrons. The third-order valence-electron chi connectivity index (χ3n) is 0.852. The molecule has 0 amide bonds. The first kappa shape index (κ1) is 1.75. The fourth-order valence-electron chi connectivity index (χ4n) is 0.463. The van der Waals surface area contributed by atoms with E-state index >= 15 is 0 Å². The van der Waals surface area contributed by atoms with Crippen LogP contribution in [0.5, 0.6) is 0 Å². The first-order valence-corrected chi connectivity index (χ1v) is 3.42. The summed E-state index contributed by atoms with van der Waals surface area (Å²) in [6, 6.07) is 0. The van der Waals surface area contributed by atoms with Crippen molar-refractivity contribution in [2.75, 3.05) is 6.98 Å². The van der Waals surface area contributed by atoms with Crippen LogP contribution < -0.4 is 5.32 Å². The van der Waals surface area contributed by atoms with Gasteiger partial charge in [-0.05, 0) is 6.98 Å². The van der Waals surface area contributed by atoms with Crippen LogP contribution in [0.15, 0.2) is 5.36 Å². The number of thiazole rings is 1. The lowest BCUT2D eigenvalue weighted by Crippen LogP contribution is -2.05. The summed E-state index contributed by atoms with van der Waals surface area (Å²) in [6.45, 7) is -12.4. The van der Waals surface area contributed by atoms with Crippen molar-refractivity contribution in [2.24, 2.45) is 0 Å². The quantitative estimate of drug-likeness (QED) is 0.775. The summed E-state index contributed by atoms with van der Waals surface area (Å²) in [7, 11) is 0. The largest absolute Gasteiger partial charge is 0.314 e. The molecular weight excluding hydrogens is 156 g/mol. The highest BCUT2D eigenvalue weighted by Crippen LogP contribution is 2.18. The van der Waals surface area contributed by atoms with Gasteiger partial charge in [-0.25, -0.2) is 4.98 Å². The third-order valence-corrected chi connectivity index (χ3v) is 1.64. The van der Waals surface area contributed by atoms with E-state index in [9.17, 15) is 0 Å². The van der Waals surface area contributed by atoms with Crippen molar-refractivity contribution in [1.29, 1.82) is 0 Å². The van der Waals surface area contributed by atoms with Crippen molar-refractivity contribution in [1.82, 2.24) is 10.3 Å². The maximum absolute atomic E-state index is 7.94. The van der Waals surface area contributed by atoms with E-state index in [1.165, 1.54) is 0 Å². The van der Waals surface area contributed by atoms with Gasteiger partial charge in [0.15, 0.2) is 0 Å². The summed E-state index contributed by atoms with van der Waals surface area (Å²) in [6.07, 6.45) is 0. The molecular formula is C8H14N2S. The number of aromatic nitrogens is 1. The van der Waals surface area contributed by atoms with Gasteiger partial charge >= 0.3 is 0 Å². The molecule has 1 heterocycles. The molecule has 0 unspecified atom stereocenters. The van der Waals surface area contributed by atoms with Crippen LogP contribution in [0.25, 0.3) is 0 Å². The molecule has 0 bridgehead atoms. The lowest BCUT2D eigenvalue weighted by molar-refractivity contribution is 0.776. The van der Waals surface area contributed by atoms with Gasteiger partial charge in [0, 0.05) is 34.2 Å². The van der Waals surface area contributed by atoms with Gasteiger partial charge in [0.2, 0.25) is 0 Å². The van der Waals surface area contributed by atoms with E-state index in [4.69, 9.17) is 17.8 Å². The van der Waals surface area contributed by atoms with E-state index in [1.807, 2.05) is 0 Å². The number of hydrogen-bond donors (Lipinski definition) is 1. The number of hydrogen-bond acceptors (Lipinski definition) is 3. The van der Waals surface area contributed by atoms with E-state index in [-0.39, 0.29) is 11.3 Å². The second kappa shape index (κ2) is 3.83. The van der Waals surface area contributed by atoms with Crippen molar-refractivity contribution in [2.45, 2.75) is 26.1 Å². The van der Waals surface area contributed by atoms with Crippen molar-refractivity contribution < 1.29 is 17.8 Å². The summed E-state index contributed by atoms with van der Waals surface area (Å²) < 4.78 is 96.1. The van der Waals surface area contributed by atoms with Gasteiger partial charge in [0.05, 0.1) is 12.1 Å². The Morgan fingerprint density at radius 3 is 3.73 bits per heavy atom. The predicted octanol–water partition coefficient (Wildman–Crippen LogP) is 1.99. The molecule has 0 aromatic carbocycles. The molecule has 1 N–H and O–H groups in total. The summed E-state index contributed by atoms with van der Waals surface area (Å²) in [4.78, 5) is 3.51. The summed E-state index contributed by atoms with van der Waals surface area (Å²) in [5.74, 6) is -3.17. The summed E-state index contributed by atoms with van der Waals surface area (Å²) >= 11 is 0.212. The molecule has 1 rings (SSSR count). The van der Waals surface area contributed by atoms with Crippen molar-refractivity contribution in [3.8, 4) is 0 Å². The fraction of sp³-hybridized carbons (Fsp3) is 0.625. The Morgan fingerprint density at radius 1 is 2.09 bits per heavy atom. The van der Waals surface area contributed by atoms with Crippen molar-refractivity contribution >= 4 is 11.3 Å². The molecule has 11 heavy (non-hydrogen) atoms. The second-order valence-electron chi connectivity index (χ2n) is 1.59.